The van der Waals surface area contributed by atoms with Gasteiger partial charge in [0.15, 0.2) is 0 Å². The summed E-state index contributed by atoms with van der Waals surface area (Å²) >= 11 is 0. The molecule has 0 bridgehead atoms. The Hall–Kier alpha value is -3.30. The van der Waals surface area contributed by atoms with Crippen LogP contribution in [0.25, 0.3) is 10.9 Å². The van der Waals surface area contributed by atoms with Gasteiger partial charge in [0.2, 0.25) is 0 Å². The third-order valence-electron chi connectivity index (χ3n) is 5.26. The van der Waals surface area contributed by atoms with Crippen LogP contribution in [0.15, 0.2) is 42.5 Å². The van der Waals surface area contributed by atoms with Crippen molar-refractivity contribution in [2.45, 2.75) is 52.2 Å². The highest BCUT2D eigenvalue weighted by Gasteiger charge is 2.18. The predicted molar refractivity (Wildman–Crippen MR) is 125 cm³/mol. The molecule has 0 fully saturated rings. The van der Waals surface area contributed by atoms with Crippen LogP contribution in [-0.4, -0.2) is 28.4 Å². The van der Waals surface area contributed by atoms with Gasteiger partial charge in [-0.25, -0.2) is 0 Å². The zero-order valence-corrected chi connectivity index (χ0v) is 19.0. The molecule has 0 aliphatic rings. The van der Waals surface area contributed by atoms with Crippen LogP contribution in [-0.2, 0) is 16.1 Å². The maximum absolute atomic E-state index is 11.2. The third kappa shape index (κ3) is 5.89. The second kappa shape index (κ2) is 10.8. The van der Waals surface area contributed by atoms with Gasteiger partial charge < -0.3 is 14.6 Å². The number of aromatic nitrogens is 2. The van der Waals surface area contributed by atoms with Gasteiger partial charge in [0.25, 0.3) is 0 Å². The topological polar surface area (TPSA) is 84.4 Å². The Morgan fingerprint density at radius 2 is 1.88 bits per heavy atom. The summed E-state index contributed by atoms with van der Waals surface area (Å²) in [4.78, 5) is 11.2. The maximum atomic E-state index is 11.2. The molecule has 0 amide bonds. The van der Waals surface area contributed by atoms with Gasteiger partial charge in [0, 0.05) is 12.5 Å². The molecule has 0 aliphatic carbocycles. The molecule has 2 aromatic carbocycles. The summed E-state index contributed by atoms with van der Waals surface area (Å²) in [5, 5.41) is 17.6. The lowest BCUT2D eigenvalue weighted by atomic mass is 9.96. The van der Waals surface area contributed by atoms with Gasteiger partial charge in [-0.3, -0.25) is 9.89 Å². The van der Waals surface area contributed by atoms with E-state index in [9.17, 15) is 4.79 Å². The van der Waals surface area contributed by atoms with Gasteiger partial charge in [-0.1, -0.05) is 44.0 Å². The number of fused-ring (bicyclic) bond motifs is 1. The molecule has 3 aromatic rings. The maximum Gasteiger partial charge on any atom is 0.304 e. The van der Waals surface area contributed by atoms with Gasteiger partial charge >= 0.3 is 5.97 Å². The number of carboxylic acid groups (broad SMARTS) is 1. The molecule has 0 radical (unpaired) electrons. The number of aliphatic carboxylic acids is 1. The van der Waals surface area contributed by atoms with Crippen LogP contribution in [0.4, 0.5) is 0 Å². The molecule has 168 valence electrons. The van der Waals surface area contributed by atoms with E-state index >= 15 is 0 Å². The molecule has 0 aliphatic heterocycles. The molecule has 6 heteroatoms. The van der Waals surface area contributed by atoms with Crippen molar-refractivity contribution in [3.05, 3.63) is 59.3 Å². The summed E-state index contributed by atoms with van der Waals surface area (Å²) in [6.45, 7) is 6.52. The average molecular weight is 435 g/mol. The number of benzene rings is 2. The summed E-state index contributed by atoms with van der Waals surface area (Å²) < 4.78 is 11.6. The monoisotopic (exact) mass is 434 g/mol. The summed E-state index contributed by atoms with van der Waals surface area (Å²) in [6, 6.07) is 13.8. The van der Waals surface area contributed by atoms with Gasteiger partial charge in [0.05, 0.1) is 30.2 Å². The average Bonchev–Trinajstić information content (AvgIpc) is 3.15. The van der Waals surface area contributed by atoms with Crippen molar-refractivity contribution >= 4 is 16.9 Å². The summed E-state index contributed by atoms with van der Waals surface area (Å²) in [7, 11) is 1.66. The van der Waals surface area contributed by atoms with Crippen molar-refractivity contribution in [3.8, 4) is 17.6 Å². The number of carbonyl (C=O) groups is 1. The van der Waals surface area contributed by atoms with Crippen LogP contribution >= 0.6 is 0 Å². The van der Waals surface area contributed by atoms with Crippen molar-refractivity contribution in [3.63, 3.8) is 0 Å². The summed E-state index contributed by atoms with van der Waals surface area (Å²) in [6.07, 6.45) is 0.714. The molecule has 6 nitrogen and oxygen atoms in total. The SMILES string of the molecule is CC#CC(CC(=O)O)c1ccc(OC(CC(C)C)c2ccc3c(COC)n[nH]c3c2)cc1. The Balaban J connectivity index is 1.83. The van der Waals surface area contributed by atoms with E-state index in [1.54, 1.807) is 14.0 Å². The highest BCUT2D eigenvalue weighted by atomic mass is 16.5. The van der Waals surface area contributed by atoms with Crippen LogP contribution in [0.3, 0.4) is 0 Å². The largest absolute Gasteiger partial charge is 0.486 e. The smallest absolute Gasteiger partial charge is 0.304 e. The fourth-order valence-electron chi connectivity index (χ4n) is 3.77. The molecule has 2 atom stereocenters. The fraction of sp³-hybridized carbons (Fsp3) is 0.385. The van der Waals surface area contributed by atoms with Crippen molar-refractivity contribution in [2.24, 2.45) is 5.92 Å². The number of carboxylic acids is 1. The van der Waals surface area contributed by atoms with Crippen LogP contribution in [0.5, 0.6) is 5.75 Å². The Bertz CT molecular complexity index is 1110. The second-order valence-electron chi connectivity index (χ2n) is 8.26. The Morgan fingerprint density at radius 3 is 2.50 bits per heavy atom. The standard InChI is InChI=1S/C26H30N2O4/c1-5-6-19(15-26(29)30)18-7-10-21(11-8-18)32-25(13-17(2)3)20-9-12-22-23(14-20)27-28-24(22)16-31-4/h7-12,14,17,19,25H,13,15-16H2,1-4H3,(H,27,28)(H,29,30). The Kier molecular flexibility index (Phi) is 7.91. The molecule has 0 saturated heterocycles. The van der Waals surface area contributed by atoms with E-state index < -0.39 is 5.97 Å². The van der Waals surface area contributed by atoms with Gasteiger partial charge in [-0.05, 0) is 48.6 Å². The lowest BCUT2D eigenvalue weighted by Gasteiger charge is -2.22. The number of hydrogen-bond acceptors (Lipinski definition) is 4. The lowest BCUT2D eigenvalue weighted by Crippen LogP contribution is -2.11. The predicted octanol–water partition coefficient (Wildman–Crippen LogP) is 5.46. The summed E-state index contributed by atoms with van der Waals surface area (Å²) in [5.41, 5.74) is 3.79. The highest BCUT2D eigenvalue weighted by Crippen LogP contribution is 2.31. The molecule has 1 heterocycles. The number of methoxy groups -OCH3 is 1. The van der Waals surface area contributed by atoms with Crippen LogP contribution in [0, 0.1) is 17.8 Å². The van der Waals surface area contributed by atoms with E-state index in [1.165, 1.54) is 0 Å². The van der Waals surface area contributed by atoms with Gasteiger partial charge in [-0.2, -0.15) is 5.10 Å². The molecule has 0 saturated carbocycles. The van der Waals surface area contributed by atoms with Crippen molar-refractivity contribution < 1.29 is 19.4 Å². The van der Waals surface area contributed by atoms with E-state index in [0.29, 0.717) is 12.5 Å². The van der Waals surface area contributed by atoms with Crippen LogP contribution in [0.1, 0.15) is 62.5 Å². The Labute approximate surface area is 188 Å². The number of ether oxygens (including phenoxy) is 2. The second-order valence-corrected chi connectivity index (χ2v) is 8.26. The van der Waals surface area contributed by atoms with Crippen molar-refractivity contribution in [1.82, 2.24) is 10.2 Å². The number of nitrogens with one attached hydrogen (secondary N) is 1. The zero-order valence-electron chi connectivity index (χ0n) is 19.0. The van der Waals surface area contributed by atoms with E-state index in [1.807, 2.05) is 24.3 Å². The molecule has 2 N–H and O–H groups in total. The third-order valence-corrected chi connectivity index (χ3v) is 5.26. The van der Waals surface area contributed by atoms with Crippen LogP contribution < -0.4 is 4.74 Å². The highest BCUT2D eigenvalue weighted by molar-refractivity contribution is 5.82. The zero-order chi connectivity index (χ0) is 23.1. The first-order valence-electron chi connectivity index (χ1n) is 10.8. The van der Waals surface area contributed by atoms with Crippen molar-refractivity contribution in [2.75, 3.05) is 7.11 Å². The number of H-pyrrole nitrogens is 1. The minimum absolute atomic E-state index is 0.0216. The number of rotatable bonds is 10. The number of aromatic amines is 1. The van der Waals surface area contributed by atoms with E-state index in [2.05, 4.69) is 54.1 Å². The normalized spacial score (nSPS) is 12.9. The molecule has 3 rings (SSSR count). The van der Waals surface area contributed by atoms with E-state index in [0.717, 1.165) is 39.9 Å². The lowest BCUT2D eigenvalue weighted by molar-refractivity contribution is -0.137. The molecule has 1 aromatic heterocycles. The van der Waals surface area contributed by atoms with Crippen LogP contribution in [0.2, 0.25) is 0 Å². The first-order chi connectivity index (χ1) is 15.4. The first-order valence-corrected chi connectivity index (χ1v) is 10.8. The van der Waals surface area contributed by atoms with Crippen molar-refractivity contribution in [1.29, 1.82) is 0 Å². The molecule has 32 heavy (non-hydrogen) atoms. The summed E-state index contributed by atoms with van der Waals surface area (Å²) in [5.74, 6) is 5.79. The molecule has 0 spiro atoms. The number of nitrogens with zero attached hydrogens (tertiary/aromatic N) is 1. The van der Waals surface area contributed by atoms with E-state index in [4.69, 9.17) is 14.6 Å². The van der Waals surface area contributed by atoms with E-state index in [-0.39, 0.29) is 18.4 Å². The number of hydrogen-bond donors (Lipinski definition) is 2. The molecular formula is C26H30N2O4. The Morgan fingerprint density at radius 1 is 1.16 bits per heavy atom. The first kappa shape index (κ1) is 23.4. The fourth-order valence-corrected chi connectivity index (χ4v) is 3.77. The minimum Gasteiger partial charge on any atom is -0.486 e. The van der Waals surface area contributed by atoms with Gasteiger partial charge in [0.1, 0.15) is 11.9 Å². The molecule has 2 unspecified atom stereocenters. The minimum atomic E-state index is -0.863. The molecular weight excluding hydrogens is 404 g/mol. The quantitative estimate of drug-likeness (QED) is 0.414. The van der Waals surface area contributed by atoms with Gasteiger partial charge in [-0.15, -0.1) is 5.92 Å².